The van der Waals surface area contributed by atoms with Crippen LogP contribution >= 0.6 is 7.82 Å². The zero-order valence-electron chi connectivity index (χ0n) is 42.7. The van der Waals surface area contributed by atoms with Gasteiger partial charge < -0.3 is 28.5 Å². The predicted molar refractivity (Wildman–Crippen MR) is 275 cm³/mol. The third kappa shape index (κ3) is 46.4. The number of carbonyl (C=O) groups is 2. The van der Waals surface area contributed by atoms with Gasteiger partial charge in [-0.1, -0.05) is 203 Å². The van der Waals surface area contributed by atoms with Crippen LogP contribution in [-0.4, -0.2) is 69.4 Å². The number of amides is 1. The van der Waals surface area contributed by atoms with Gasteiger partial charge in [0.15, 0.2) is 0 Å². The number of nitrogens with zero attached hydrogens (tertiary/aromatic N) is 1. The number of unbranched alkanes of at least 4 members (excludes halogenated alkanes) is 20. The average Bonchev–Trinajstić information content (AvgIpc) is 3.26. The second-order valence-corrected chi connectivity index (χ2v) is 20.1. The van der Waals surface area contributed by atoms with E-state index in [4.69, 9.17) is 13.8 Å². The summed E-state index contributed by atoms with van der Waals surface area (Å²) in [5, 5.41) is 2.97. The molecule has 3 unspecified atom stereocenters. The van der Waals surface area contributed by atoms with Gasteiger partial charge in [-0.15, -0.1) is 0 Å². The number of rotatable bonds is 46. The van der Waals surface area contributed by atoms with E-state index >= 15 is 0 Å². The number of likely N-dealkylation sites (N-methyl/N-ethyl adjacent to an activating group) is 1. The average molecular weight is 931 g/mol. The van der Waals surface area contributed by atoms with E-state index < -0.39 is 26.6 Å². The van der Waals surface area contributed by atoms with E-state index in [2.05, 4.69) is 86.8 Å². The number of ether oxygens (including phenoxy) is 1. The number of phosphoric acid groups is 1. The first-order valence-corrected chi connectivity index (χ1v) is 27.7. The molecule has 0 aromatic carbocycles. The first kappa shape index (κ1) is 62.4. The normalized spacial score (nSPS) is 14.5. The Hall–Kier alpha value is -2.55. The summed E-state index contributed by atoms with van der Waals surface area (Å²) in [7, 11) is 1.14. The molecule has 376 valence electrons. The Kier molecular flexibility index (Phi) is 43.5. The molecule has 0 aromatic heterocycles. The quantitative estimate of drug-likeness (QED) is 0.0213. The SMILES string of the molecule is CC/C=C\C/C=C\C/C=C\C/C=C\C/C=C\CCCC(=O)NC(COP(=O)([O-])OCC[N+](C)(C)C)C(/C=C\CCCCCCCCCCC)OC(=O)CCCCCCCCCCCCC. The summed E-state index contributed by atoms with van der Waals surface area (Å²) in [4.78, 5) is 39.6. The minimum atomic E-state index is -4.70. The molecular formula is C55H99N2O7P. The molecule has 0 aliphatic heterocycles. The zero-order valence-corrected chi connectivity index (χ0v) is 43.6. The van der Waals surface area contributed by atoms with Crippen LogP contribution in [0.25, 0.3) is 0 Å². The largest absolute Gasteiger partial charge is 0.756 e. The Morgan fingerprint density at radius 1 is 0.554 bits per heavy atom. The molecule has 0 aliphatic carbocycles. The van der Waals surface area contributed by atoms with Gasteiger partial charge in [-0.2, -0.15) is 0 Å². The third-order valence-electron chi connectivity index (χ3n) is 11.2. The van der Waals surface area contributed by atoms with E-state index in [1.807, 2.05) is 33.3 Å². The second kappa shape index (κ2) is 45.2. The van der Waals surface area contributed by atoms with E-state index in [-0.39, 0.29) is 31.3 Å². The molecule has 0 bridgehead atoms. The van der Waals surface area contributed by atoms with Crippen LogP contribution < -0.4 is 10.2 Å². The Morgan fingerprint density at radius 2 is 1.00 bits per heavy atom. The standard InChI is InChI=1S/C55H99N2O7P/c1-7-10-13-16-19-22-25-26-27-28-29-30-33-35-38-41-44-47-54(58)56-52(51-63-65(60,61)62-50-49-57(4,5)6)53(46-43-40-37-34-31-23-20-17-14-11-8-2)64-55(59)48-45-42-39-36-32-24-21-18-15-12-9-3/h10,13,19,22,26-27,29-30,35,38,43,46,52-53H,7-9,11-12,14-18,20-21,23-25,28,31-34,36-37,39-42,44-45,47-51H2,1-6H3,(H-,56,58,60,61)/b13-10-,22-19-,27-26-,30-29-,38-35-,46-43-. The molecular weight excluding hydrogens is 832 g/mol. The summed E-state index contributed by atoms with van der Waals surface area (Å²) < 4.78 is 30.1. The van der Waals surface area contributed by atoms with E-state index in [1.54, 1.807) is 0 Å². The summed E-state index contributed by atoms with van der Waals surface area (Å²) in [6, 6.07) is -0.916. The Balaban J connectivity index is 5.49. The fourth-order valence-electron chi connectivity index (χ4n) is 7.08. The lowest BCUT2D eigenvalue weighted by atomic mass is 10.1. The lowest BCUT2D eigenvalue weighted by Gasteiger charge is -2.30. The van der Waals surface area contributed by atoms with E-state index in [9.17, 15) is 19.0 Å². The first-order valence-electron chi connectivity index (χ1n) is 26.2. The number of hydrogen-bond acceptors (Lipinski definition) is 7. The van der Waals surface area contributed by atoms with Gasteiger partial charge in [0.1, 0.15) is 19.3 Å². The van der Waals surface area contributed by atoms with E-state index in [1.165, 1.54) is 96.3 Å². The molecule has 0 fully saturated rings. The lowest BCUT2D eigenvalue weighted by molar-refractivity contribution is -0.870. The number of phosphoric ester groups is 1. The molecule has 0 aliphatic rings. The molecule has 10 heteroatoms. The van der Waals surface area contributed by atoms with Crippen LogP contribution in [0.1, 0.15) is 213 Å². The summed E-state index contributed by atoms with van der Waals surface area (Å²) in [5.74, 6) is -0.614. The molecule has 3 atom stereocenters. The highest BCUT2D eigenvalue weighted by molar-refractivity contribution is 7.45. The van der Waals surface area contributed by atoms with Gasteiger partial charge in [0.25, 0.3) is 7.82 Å². The monoisotopic (exact) mass is 931 g/mol. The van der Waals surface area contributed by atoms with Crippen molar-refractivity contribution in [3.05, 3.63) is 72.9 Å². The molecule has 1 N–H and O–H groups in total. The van der Waals surface area contributed by atoms with Crippen LogP contribution in [0.3, 0.4) is 0 Å². The number of hydrogen-bond donors (Lipinski definition) is 1. The highest BCUT2D eigenvalue weighted by Crippen LogP contribution is 2.38. The molecule has 0 saturated carbocycles. The van der Waals surface area contributed by atoms with Crippen molar-refractivity contribution in [2.75, 3.05) is 40.9 Å². The maximum absolute atomic E-state index is 13.4. The van der Waals surface area contributed by atoms with E-state index in [0.717, 1.165) is 77.0 Å². The van der Waals surface area contributed by atoms with Crippen LogP contribution in [0.4, 0.5) is 0 Å². The van der Waals surface area contributed by atoms with Crippen molar-refractivity contribution in [3.63, 3.8) is 0 Å². The fourth-order valence-corrected chi connectivity index (χ4v) is 7.81. The summed E-state index contributed by atoms with van der Waals surface area (Å²) >= 11 is 0. The Morgan fingerprint density at radius 3 is 1.49 bits per heavy atom. The molecule has 0 radical (unpaired) electrons. The van der Waals surface area contributed by atoms with Gasteiger partial charge in [0.2, 0.25) is 5.91 Å². The molecule has 0 rings (SSSR count). The van der Waals surface area contributed by atoms with Crippen LogP contribution in [0.5, 0.6) is 0 Å². The Bertz CT molecular complexity index is 1350. The van der Waals surface area contributed by atoms with Gasteiger partial charge in [-0.3, -0.25) is 14.2 Å². The fraction of sp³-hybridized carbons (Fsp3) is 0.745. The number of quaternary nitrogens is 1. The molecule has 0 heterocycles. The van der Waals surface area contributed by atoms with Crippen molar-refractivity contribution in [1.29, 1.82) is 0 Å². The molecule has 0 aromatic rings. The van der Waals surface area contributed by atoms with Gasteiger partial charge in [-0.25, -0.2) is 0 Å². The molecule has 1 amide bonds. The van der Waals surface area contributed by atoms with Crippen molar-refractivity contribution < 1.29 is 37.3 Å². The van der Waals surface area contributed by atoms with Crippen molar-refractivity contribution in [3.8, 4) is 0 Å². The highest BCUT2D eigenvalue weighted by Gasteiger charge is 2.27. The van der Waals surface area contributed by atoms with E-state index in [0.29, 0.717) is 17.4 Å². The molecule has 0 saturated heterocycles. The Labute approximate surface area is 400 Å². The summed E-state index contributed by atoms with van der Waals surface area (Å²) in [5.41, 5.74) is 0. The maximum atomic E-state index is 13.4. The number of carbonyl (C=O) groups excluding carboxylic acids is 2. The number of nitrogens with one attached hydrogen (secondary N) is 1. The van der Waals surface area contributed by atoms with Crippen LogP contribution in [-0.2, 0) is 27.9 Å². The third-order valence-corrected chi connectivity index (χ3v) is 12.1. The van der Waals surface area contributed by atoms with Crippen LogP contribution in [0.15, 0.2) is 72.9 Å². The molecule has 0 spiro atoms. The highest BCUT2D eigenvalue weighted by atomic mass is 31.2. The minimum absolute atomic E-state index is 0.0346. The van der Waals surface area contributed by atoms with Crippen molar-refractivity contribution >= 4 is 19.7 Å². The van der Waals surface area contributed by atoms with Crippen LogP contribution in [0, 0.1) is 0 Å². The predicted octanol–water partition coefficient (Wildman–Crippen LogP) is 14.7. The molecule has 65 heavy (non-hydrogen) atoms. The van der Waals surface area contributed by atoms with Gasteiger partial charge in [0, 0.05) is 12.8 Å². The second-order valence-electron chi connectivity index (χ2n) is 18.6. The van der Waals surface area contributed by atoms with Gasteiger partial charge in [0.05, 0.1) is 33.8 Å². The van der Waals surface area contributed by atoms with Gasteiger partial charge >= 0.3 is 5.97 Å². The molecule has 9 nitrogen and oxygen atoms in total. The number of allylic oxidation sites excluding steroid dienone is 11. The zero-order chi connectivity index (χ0) is 48.0. The lowest BCUT2D eigenvalue weighted by Crippen LogP contribution is -2.47. The summed E-state index contributed by atoms with van der Waals surface area (Å²) in [6.45, 7) is 6.64. The van der Waals surface area contributed by atoms with Gasteiger partial charge in [-0.05, 0) is 70.3 Å². The minimum Gasteiger partial charge on any atom is -0.756 e. The van der Waals surface area contributed by atoms with Crippen molar-refractivity contribution in [1.82, 2.24) is 5.32 Å². The first-order chi connectivity index (χ1) is 31.4. The smallest absolute Gasteiger partial charge is 0.306 e. The van der Waals surface area contributed by atoms with Crippen LogP contribution in [0.2, 0.25) is 0 Å². The summed E-state index contributed by atoms with van der Waals surface area (Å²) in [6.07, 6.45) is 55.9. The van der Waals surface area contributed by atoms with Crippen molar-refractivity contribution in [2.24, 2.45) is 0 Å². The topological polar surface area (TPSA) is 114 Å². The number of esters is 1. The van der Waals surface area contributed by atoms with Crippen molar-refractivity contribution in [2.45, 2.75) is 226 Å². The maximum Gasteiger partial charge on any atom is 0.306 e.